The molecular weight excluding hydrogens is 274 g/mol. The molecule has 5 heteroatoms. The number of fused-ring (bicyclic) bond motifs is 1. The van der Waals surface area contributed by atoms with E-state index in [1.807, 2.05) is 12.4 Å². The summed E-state index contributed by atoms with van der Waals surface area (Å²) >= 11 is 5.04. The molecule has 0 radical (unpaired) electrons. The van der Waals surface area contributed by atoms with E-state index in [0.717, 1.165) is 15.7 Å². The lowest BCUT2D eigenvalue weighted by molar-refractivity contribution is 0.933. The Kier molecular flexibility index (Phi) is 2.07. The zero-order valence-corrected chi connectivity index (χ0v) is 9.99. The predicted molar refractivity (Wildman–Crippen MR) is 64.0 cm³/mol. The normalized spacial score (nSPS) is 11.0. The van der Waals surface area contributed by atoms with E-state index in [9.17, 15) is 0 Å². The van der Waals surface area contributed by atoms with Crippen LogP contribution >= 0.6 is 27.3 Å². The number of nitrogens with zero attached hydrogens (tertiary/aromatic N) is 3. The van der Waals surface area contributed by atoms with Gasteiger partial charge in [-0.3, -0.25) is 0 Å². The Hall–Kier alpha value is -1.20. The molecule has 0 fully saturated rings. The highest BCUT2D eigenvalue weighted by atomic mass is 79.9. The third kappa shape index (κ3) is 1.48. The van der Waals surface area contributed by atoms with Crippen molar-refractivity contribution in [1.29, 1.82) is 0 Å². The van der Waals surface area contributed by atoms with Crippen LogP contribution < -0.4 is 0 Å². The highest BCUT2D eigenvalue weighted by molar-refractivity contribution is 9.10. The predicted octanol–water partition coefficient (Wildman–Crippen LogP) is 3.22. The van der Waals surface area contributed by atoms with Gasteiger partial charge in [-0.1, -0.05) is 0 Å². The van der Waals surface area contributed by atoms with E-state index in [0.29, 0.717) is 0 Å². The molecule has 3 heterocycles. The van der Waals surface area contributed by atoms with Gasteiger partial charge in [0.2, 0.25) is 0 Å². The summed E-state index contributed by atoms with van der Waals surface area (Å²) in [5.74, 6) is 0. The third-order valence-corrected chi connectivity index (χ3v) is 3.25. The van der Waals surface area contributed by atoms with Gasteiger partial charge in [-0.05, 0) is 38.3 Å². The van der Waals surface area contributed by atoms with Crippen LogP contribution in [0.5, 0.6) is 0 Å². The van der Waals surface area contributed by atoms with E-state index in [1.165, 1.54) is 5.56 Å². The summed E-state index contributed by atoms with van der Waals surface area (Å²) in [4.78, 5) is 4.35. The van der Waals surface area contributed by atoms with Crippen LogP contribution in [0.25, 0.3) is 16.8 Å². The van der Waals surface area contributed by atoms with Crippen LogP contribution in [0.2, 0.25) is 0 Å². The summed E-state index contributed by atoms with van der Waals surface area (Å²) < 4.78 is 2.70. The topological polar surface area (TPSA) is 30.2 Å². The second-order valence-corrected chi connectivity index (χ2v) is 4.81. The van der Waals surface area contributed by atoms with Crippen molar-refractivity contribution >= 4 is 32.9 Å². The Morgan fingerprint density at radius 3 is 3.07 bits per heavy atom. The van der Waals surface area contributed by atoms with Crippen molar-refractivity contribution in [2.45, 2.75) is 0 Å². The molecule has 3 rings (SSSR count). The lowest BCUT2D eigenvalue weighted by Gasteiger charge is -1.95. The minimum absolute atomic E-state index is 0.886. The molecule has 0 aliphatic heterocycles. The van der Waals surface area contributed by atoms with Crippen LogP contribution in [0, 0.1) is 0 Å². The first-order valence-corrected chi connectivity index (χ1v) is 6.09. The number of thiophene rings is 1. The maximum atomic E-state index is 4.35. The van der Waals surface area contributed by atoms with Gasteiger partial charge in [0.05, 0.1) is 10.7 Å². The fourth-order valence-electron chi connectivity index (χ4n) is 1.47. The summed E-state index contributed by atoms with van der Waals surface area (Å²) in [6.45, 7) is 0. The fourth-order valence-corrected chi connectivity index (χ4v) is 2.43. The van der Waals surface area contributed by atoms with Gasteiger partial charge >= 0.3 is 0 Å². The van der Waals surface area contributed by atoms with Crippen molar-refractivity contribution in [3.63, 3.8) is 0 Å². The van der Waals surface area contributed by atoms with E-state index in [-0.39, 0.29) is 0 Å². The van der Waals surface area contributed by atoms with Gasteiger partial charge in [-0.15, -0.1) is 0 Å². The van der Waals surface area contributed by atoms with E-state index in [4.69, 9.17) is 0 Å². The molecule has 0 aliphatic rings. The van der Waals surface area contributed by atoms with Crippen molar-refractivity contribution in [1.82, 2.24) is 14.6 Å². The highest BCUT2D eigenvalue weighted by Gasteiger charge is 2.07. The molecule has 0 unspecified atom stereocenters. The summed E-state index contributed by atoms with van der Waals surface area (Å²) in [6, 6.07) is 2.07. The first kappa shape index (κ1) is 9.06. The molecule has 0 atom stereocenters. The SMILES string of the molecule is Brc1cnc2c(-c3ccsc3)cnn2c1. The monoisotopic (exact) mass is 279 g/mol. The van der Waals surface area contributed by atoms with Crippen molar-refractivity contribution in [2.75, 3.05) is 0 Å². The third-order valence-electron chi connectivity index (χ3n) is 2.16. The van der Waals surface area contributed by atoms with Crippen molar-refractivity contribution in [3.8, 4) is 11.1 Å². The Bertz CT molecular complexity index is 600. The summed E-state index contributed by atoms with van der Waals surface area (Å²) in [5, 5.41) is 8.42. The quantitative estimate of drug-likeness (QED) is 0.685. The lowest BCUT2D eigenvalue weighted by Crippen LogP contribution is -1.88. The summed E-state index contributed by atoms with van der Waals surface area (Å²) in [5.41, 5.74) is 3.13. The molecule has 3 aromatic heterocycles. The standard InChI is InChI=1S/C10H6BrN3S/c11-8-3-12-10-9(4-13-14(10)5-8)7-1-2-15-6-7/h1-6H. The number of halogens is 1. The molecule has 0 aliphatic carbocycles. The second kappa shape index (κ2) is 3.43. The van der Waals surface area contributed by atoms with Crippen molar-refractivity contribution in [3.05, 3.63) is 39.9 Å². The van der Waals surface area contributed by atoms with Crippen LogP contribution in [0.1, 0.15) is 0 Å². The zero-order valence-electron chi connectivity index (χ0n) is 7.59. The van der Waals surface area contributed by atoms with Gasteiger partial charge < -0.3 is 0 Å². The van der Waals surface area contributed by atoms with Gasteiger partial charge in [0.25, 0.3) is 0 Å². The first-order chi connectivity index (χ1) is 7.34. The molecule has 0 amide bonds. The number of hydrogen-bond acceptors (Lipinski definition) is 3. The average Bonchev–Trinajstić information content (AvgIpc) is 2.82. The zero-order chi connectivity index (χ0) is 10.3. The molecule has 3 nitrogen and oxygen atoms in total. The van der Waals surface area contributed by atoms with E-state index >= 15 is 0 Å². The number of hydrogen-bond donors (Lipinski definition) is 0. The number of aromatic nitrogens is 3. The second-order valence-electron chi connectivity index (χ2n) is 3.11. The lowest BCUT2D eigenvalue weighted by atomic mass is 10.2. The van der Waals surface area contributed by atoms with Gasteiger partial charge in [0.1, 0.15) is 0 Å². The first-order valence-electron chi connectivity index (χ1n) is 4.36. The van der Waals surface area contributed by atoms with Crippen molar-refractivity contribution < 1.29 is 0 Å². The Labute approximate surface area is 98.5 Å². The van der Waals surface area contributed by atoms with Crippen molar-refractivity contribution in [2.24, 2.45) is 0 Å². The Morgan fingerprint density at radius 1 is 1.33 bits per heavy atom. The summed E-state index contributed by atoms with van der Waals surface area (Å²) in [6.07, 6.45) is 5.53. The average molecular weight is 280 g/mol. The largest absolute Gasteiger partial charge is 0.235 e. The molecule has 0 aromatic carbocycles. The van der Waals surface area contributed by atoms with Gasteiger partial charge in [-0.2, -0.15) is 16.4 Å². The summed E-state index contributed by atoms with van der Waals surface area (Å²) in [7, 11) is 0. The molecular formula is C10H6BrN3S. The minimum atomic E-state index is 0.886. The smallest absolute Gasteiger partial charge is 0.162 e. The van der Waals surface area contributed by atoms with Crippen LogP contribution in [0.15, 0.2) is 39.9 Å². The van der Waals surface area contributed by atoms with E-state index in [1.54, 1.807) is 22.0 Å². The maximum Gasteiger partial charge on any atom is 0.162 e. The molecule has 0 bridgehead atoms. The molecule has 3 aromatic rings. The van der Waals surface area contributed by atoms with Crippen LogP contribution in [0.4, 0.5) is 0 Å². The highest BCUT2D eigenvalue weighted by Crippen LogP contribution is 2.25. The molecule has 0 N–H and O–H groups in total. The van der Waals surface area contributed by atoms with Crippen LogP contribution in [-0.4, -0.2) is 14.6 Å². The molecule has 15 heavy (non-hydrogen) atoms. The van der Waals surface area contributed by atoms with Gasteiger partial charge in [-0.25, -0.2) is 9.50 Å². The van der Waals surface area contributed by atoms with Crippen LogP contribution in [0.3, 0.4) is 0 Å². The maximum absolute atomic E-state index is 4.35. The van der Waals surface area contributed by atoms with E-state index in [2.05, 4.69) is 42.8 Å². The van der Waals surface area contributed by atoms with Gasteiger partial charge in [0.15, 0.2) is 5.65 Å². The minimum Gasteiger partial charge on any atom is -0.235 e. The van der Waals surface area contributed by atoms with E-state index < -0.39 is 0 Å². The molecule has 0 saturated heterocycles. The fraction of sp³-hybridized carbons (Fsp3) is 0. The van der Waals surface area contributed by atoms with Gasteiger partial charge in [0, 0.05) is 18.0 Å². The number of rotatable bonds is 1. The Morgan fingerprint density at radius 2 is 2.27 bits per heavy atom. The Balaban J connectivity index is 2.29. The molecule has 74 valence electrons. The van der Waals surface area contributed by atoms with Crippen LogP contribution in [-0.2, 0) is 0 Å². The molecule has 0 saturated carbocycles. The molecule has 0 spiro atoms.